The van der Waals surface area contributed by atoms with Gasteiger partial charge in [-0.15, -0.1) is 0 Å². The van der Waals surface area contributed by atoms with Gasteiger partial charge in [0.1, 0.15) is 24.4 Å². The molecule has 0 atom stereocenters. The van der Waals surface area contributed by atoms with E-state index in [0.717, 1.165) is 34.1 Å². The van der Waals surface area contributed by atoms with Crippen LogP contribution in [-0.4, -0.2) is 70.4 Å². The molecule has 0 bridgehead atoms. The summed E-state index contributed by atoms with van der Waals surface area (Å²) in [6.07, 6.45) is 1.47. The number of aliphatic hydroxyl groups is 4. The number of anilines is 2. The molecule has 0 spiro atoms. The summed E-state index contributed by atoms with van der Waals surface area (Å²) in [4.78, 5) is 71.0. The minimum atomic E-state index is -0.612. The molecule has 0 aliphatic heterocycles. The third kappa shape index (κ3) is 26.0. The van der Waals surface area contributed by atoms with Crippen LogP contribution >= 0.6 is 0 Å². The van der Waals surface area contributed by atoms with E-state index in [9.17, 15) is 44.5 Å². The predicted octanol–water partition coefficient (Wildman–Crippen LogP) is 12.8. The number of nitro groups is 2. The predicted molar refractivity (Wildman–Crippen MR) is 335 cm³/mol. The van der Waals surface area contributed by atoms with Crippen molar-refractivity contribution >= 4 is 56.6 Å². The van der Waals surface area contributed by atoms with E-state index >= 15 is 0 Å². The van der Waals surface area contributed by atoms with Gasteiger partial charge in [-0.25, -0.2) is 9.59 Å². The molecule has 4 aromatic carbocycles. The minimum absolute atomic E-state index is 0.0138. The number of hydrogen-bond acceptors (Lipinski definition) is 18. The topological polar surface area (TPSA) is 287 Å². The van der Waals surface area contributed by atoms with Gasteiger partial charge in [0.05, 0.1) is 53.7 Å². The summed E-state index contributed by atoms with van der Waals surface area (Å²) >= 11 is 0. The molecule has 2 heterocycles. The van der Waals surface area contributed by atoms with Crippen LogP contribution < -0.4 is 21.1 Å². The van der Waals surface area contributed by atoms with Crippen LogP contribution in [0.4, 0.5) is 22.7 Å². The summed E-state index contributed by atoms with van der Waals surface area (Å²) in [6, 6.07) is 20.1. The number of nitro benzene ring substituents is 2. The van der Waals surface area contributed by atoms with Crippen molar-refractivity contribution in [1.82, 2.24) is 0 Å². The van der Waals surface area contributed by atoms with Crippen LogP contribution in [0.15, 0.2) is 91.2 Å². The zero-order valence-electron chi connectivity index (χ0n) is 53.4. The second-order valence-corrected chi connectivity index (χ2v) is 19.7. The first kappa shape index (κ1) is 78.5. The van der Waals surface area contributed by atoms with Crippen molar-refractivity contribution < 1.29 is 58.2 Å². The lowest BCUT2D eigenvalue weighted by Crippen LogP contribution is -2.13. The summed E-state index contributed by atoms with van der Waals surface area (Å²) in [5.41, 5.74) is 6.29. The molecular formula is C64H96N4O16. The SMILES string of the molecule is CC.CC.CC.CC.CC(C)C(=O)OCc1cc(=O)oc2cc(N(C)C)ccc12.CC(C)C(=O)OCc1cc(CO)c(CO)cc1[N+](=O)[O-].CC(C)Cc1cc(=O)oc2cc(N(C)C)ccc12.CC(C)Cc1cc(CO)c(CO)cc1[N+](=O)[O-]. The van der Waals surface area contributed by atoms with Crippen molar-refractivity contribution in [2.24, 2.45) is 23.7 Å². The number of hydrogen-bond donors (Lipinski definition) is 4. The summed E-state index contributed by atoms with van der Waals surface area (Å²) < 4.78 is 20.7. The van der Waals surface area contributed by atoms with Gasteiger partial charge in [-0.05, 0) is 88.9 Å². The Morgan fingerprint density at radius 1 is 0.464 bits per heavy atom. The molecule has 0 aliphatic rings. The van der Waals surface area contributed by atoms with Gasteiger partial charge in [-0.1, -0.05) is 111 Å². The Morgan fingerprint density at radius 2 is 0.774 bits per heavy atom. The average Bonchev–Trinajstić information content (AvgIpc) is 3.60. The van der Waals surface area contributed by atoms with E-state index in [0.29, 0.717) is 57.2 Å². The molecule has 2 aromatic heterocycles. The first-order valence-corrected chi connectivity index (χ1v) is 28.6. The van der Waals surface area contributed by atoms with E-state index in [1.54, 1.807) is 45.9 Å². The lowest BCUT2D eigenvalue weighted by molar-refractivity contribution is -0.386. The molecule has 6 aromatic rings. The van der Waals surface area contributed by atoms with Crippen LogP contribution in [0.25, 0.3) is 21.9 Å². The quantitative estimate of drug-likeness (QED) is 0.0269. The van der Waals surface area contributed by atoms with E-state index in [1.807, 2.05) is 138 Å². The van der Waals surface area contributed by atoms with Gasteiger partial charge in [-0.3, -0.25) is 29.8 Å². The molecule has 0 radical (unpaired) electrons. The van der Waals surface area contributed by atoms with Crippen LogP contribution in [0, 0.1) is 43.9 Å². The van der Waals surface area contributed by atoms with Crippen molar-refractivity contribution in [3.8, 4) is 0 Å². The Balaban J connectivity index is 0. The van der Waals surface area contributed by atoms with E-state index in [4.69, 9.17) is 33.6 Å². The van der Waals surface area contributed by atoms with Crippen molar-refractivity contribution in [1.29, 1.82) is 0 Å². The van der Waals surface area contributed by atoms with E-state index < -0.39 is 28.0 Å². The Labute approximate surface area is 496 Å². The standard InChI is InChI=1S/C16H19NO4.C15H19NO2.C13H17NO6.C12H17NO4.4C2H6/c1-10(2)16(19)20-9-11-7-15(18)21-14-8-12(17(3)4)5-6-13(11)14;1-10(2)7-11-8-15(17)18-14-9-12(16(3)4)5-6-13(11)14;1-8(2)13(17)20-7-11-3-9(5-15)10(6-16)4-12(11)14(18)19;1-8(2)3-9-4-10(6-14)11(7-15)5-12(9)13(16)17;4*1-2/h5-8,10H,9H2,1-4H3;5-6,8-10H,7H2,1-4H3;3-4,8,15-16H,5-7H2,1-2H3;4-5,8,14-15H,3,6-7H2,1-2H3;4*1-2H3. The zero-order chi connectivity index (χ0) is 65.1. The fraction of sp³-hybridized carbons (Fsp3) is 0.500. The number of rotatable bonds is 18. The van der Waals surface area contributed by atoms with Crippen LogP contribution in [0.5, 0.6) is 0 Å². The molecule has 20 nitrogen and oxygen atoms in total. The molecule has 6 rings (SSSR count). The van der Waals surface area contributed by atoms with Gasteiger partial charge in [-0.2, -0.15) is 0 Å². The molecule has 0 aliphatic carbocycles. The number of benzene rings is 4. The van der Waals surface area contributed by atoms with Gasteiger partial charge in [0, 0.05) is 97.9 Å². The molecule has 0 unspecified atom stereocenters. The number of fused-ring (bicyclic) bond motifs is 2. The van der Waals surface area contributed by atoms with Crippen LogP contribution in [0.1, 0.15) is 155 Å². The van der Waals surface area contributed by atoms with Crippen molar-refractivity contribution in [3.05, 3.63) is 158 Å². The third-order valence-electron chi connectivity index (χ3n) is 11.5. The summed E-state index contributed by atoms with van der Waals surface area (Å²) in [6.45, 7) is 29.6. The summed E-state index contributed by atoms with van der Waals surface area (Å²) in [5, 5.41) is 60.3. The lowest BCUT2D eigenvalue weighted by Gasteiger charge is -2.14. The molecule has 0 amide bonds. The number of ether oxygens (including phenoxy) is 2. The molecule has 0 fully saturated rings. The second kappa shape index (κ2) is 41.5. The maximum Gasteiger partial charge on any atom is 0.336 e. The second-order valence-electron chi connectivity index (χ2n) is 19.7. The number of aliphatic hydroxyl groups excluding tert-OH is 4. The number of esters is 2. The van der Waals surface area contributed by atoms with Gasteiger partial charge < -0.3 is 48.5 Å². The zero-order valence-corrected chi connectivity index (χ0v) is 53.4. The van der Waals surface area contributed by atoms with Crippen molar-refractivity contribution in [2.45, 2.75) is 163 Å². The molecule has 0 saturated carbocycles. The van der Waals surface area contributed by atoms with Gasteiger partial charge >= 0.3 is 23.2 Å². The van der Waals surface area contributed by atoms with E-state index in [1.165, 1.54) is 24.3 Å². The fourth-order valence-corrected chi connectivity index (χ4v) is 7.46. The highest BCUT2D eigenvalue weighted by molar-refractivity contribution is 5.84. The van der Waals surface area contributed by atoms with E-state index in [-0.39, 0.29) is 79.0 Å². The Bertz CT molecular complexity index is 3070. The summed E-state index contributed by atoms with van der Waals surface area (Å²) in [7, 11) is 7.76. The van der Waals surface area contributed by atoms with Crippen molar-refractivity contribution in [3.63, 3.8) is 0 Å². The molecule has 84 heavy (non-hydrogen) atoms. The Morgan fingerprint density at radius 3 is 1.11 bits per heavy atom. The average molecular weight is 1180 g/mol. The highest BCUT2D eigenvalue weighted by Crippen LogP contribution is 2.29. The molecule has 468 valence electrons. The monoisotopic (exact) mass is 1180 g/mol. The normalized spacial score (nSPS) is 10.1. The van der Waals surface area contributed by atoms with Gasteiger partial charge in [0.2, 0.25) is 0 Å². The first-order valence-electron chi connectivity index (χ1n) is 28.6. The molecule has 20 heteroatoms. The Hall–Kier alpha value is -7.52. The smallest absolute Gasteiger partial charge is 0.336 e. The molecule has 0 saturated heterocycles. The van der Waals surface area contributed by atoms with Crippen molar-refractivity contribution in [2.75, 3.05) is 38.0 Å². The fourth-order valence-electron chi connectivity index (χ4n) is 7.46. The van der Waals surface area contributed by atoms with E-state index in [2.05, 4.69) is 13.8 Å². The Kier molecular flexibility index (Phi) is 38.8. The maximum absolute atomic E-state index is 11.6. The molecule has 4 N–H and O–H groups in total. The highest BCUT2D eigenvalue weighted by atomic mass is 16.6. The summed E-state index contributed by atoms with van der Waals surface area (Å²) in [5.74, 6) is -0.471. The molecular weight excluding hydrogens is 1080 g/mol. The van der Waals surface area contributed by atoms with Gasteiger partial charge in [0.15, 0.2) is 0 Å². The third-order valence-corrected chi connectivity index (χ3v) is 11.5. The van der Waals surface area contributed by atoms with Gasteiger partial charge in [0.25, 0.3) is 11.4 Å². The minimum Gasteiger partial charge on any atom is -0.461 e. The maximum atomic E-state index is 11.6. The lowest BCUT2D eigenvalue weighted by atomic mass is 9.96. The largest absolute Gasteiger partial charge is 0.461 e. The van der Waals surface area contributed by atoms with Crippen LogP contribution in [0.3, 0.4) is 0 Å². The highest BCUT2D eigenvalue weighted by Gasteiger charge is 2.21. The first-order chi connectivity index (χ1) is 39.7. The number of nitrogens with zero attached hydrogens (tertiary/aromatic N) is 4. The van der Waals surface area contributed by atoms with Crippen LogP contribution in [-0.2, 0) is 71.5 Å². The number of carbonyl (C=O) groups is 2. The van der Waals surface area contributed by atoms with Crippen LogP contribution in [0.2, 0.25) is 0 Å². The number of carbonyl (C=O) groups excluding carboxylic acids is 2.